The Kier molecular flexibility index (Phi) is 5.21. The first-order chi connectivity index (χ1) is 12.9. The quantitative estimate of drug-likeness (QED) is 0.649. The summed E-state index contributed by atoms with van der Waals surface area (Å²) in [4.78, 5) is 27.7. The van der Waals surface area contributed by atoms with Crippen LogP contribution in [-0.4, -0.2) is 16.7 Å². The maximum atomic E-state index is 13.2. The molecule has 27 heavy (non-hydrogen) atoms. The number of carbonyl (C=O) groups is 2. The van der Waals surface area contributed by atoms with E-state index in [9.17, 15) is 18.4 Å². The van der Waals surface area contributed by atoms with Crippen LogP contribution in [0.3, 0.4) is 0 Å². The molecule has 0 unspecified atom stereocenters. The molecule has 2 aromatic carbocycles. The van der Waals surface area contributed by atoms with Crippen molar-refractivity contribution in [3.63, 3.8) is 0 Å². The maximum Gasteiger partial charge on any atom is 0.255 e. The van der Waals surface area contributed by atoms with Gasteiger partial charge >= 0.3 is 0 Å². The second-order valence-electron chi connectivity index (χ2n) is 5.78. The van der Waals surface area contributed by atoms with Crippen LogP contribution in [0.4, 0.5) is 26.0 Å². The molecule has 0 spiro atoms. The van der Waals surface area contributed by atoms with Crippen molar-refractivity contribution < 1.29 is 18.4 Å². The van der Waals surface area contributed by atoms with Gasteiger partial charge in [0, 0.05) is 16.8 Å². The first-order valence-electron chi connectivity index (χ1n) is 8.03. The number of rotatable bonds is 5. The van der Waals surface area contributed by atoms with Crippen LogP contribution in [0.15, 0.2) is 60.8 Å². The average molecular weight is 367 g/mol. The molecule has 0 radical (unpaired) electrons. The normalized spacial score (nSPS) is 10.3. The molecule has 3 rings (SSSR count). The van der Waals surface area contributed by atoms with Crippen molar-refractivity contribution >= 4 is 28.9 Å². The second-order valence-corrected chi connectivity index (χ2v) is 5.78. The van der Waals surface area contributed by atoms with Gasteiger partial charge in [-0.25, -0.2) is 13.8 Å². The number of nitrogens with one attached hydrogen (secondary N) is 2. The summed E-state index contributed by atoms with van der Waals surface area (Å²) in [5.41, 5.74) is 1.68. The Morgan fingerprint density at radius 3 is 2.37 bits per heavy atom. The number of ketones is 1. The molecule has 0 aliphatic rings. The lowest BCUT2D eigenvalue weighted by Gasteiger charge is -2.09. The van der Waals surface area contributed by atoms with Crippen LogP contribution >= 0.6 is 0 Å². The first kappa shape index (κ1) is 18.2. The van der Waals surface area contributed by atoms with Gasteiger partial charge in [0.05, 0.1) is 11.9 Å². The molecule has 0 bridgehead atoms. The van der Waals surface area contributed by atoms with Gasteiger partial charge in [0.25, 0.3) is 5.91 Å². The summed E-state index contributed by atoms with van der Waals surface area (Å²) in [6, 6.07) is 13.2. The Morgan fingerprint density at radius 2 is 1.70 bits per heavy atom. The van der Waals surface area contributed by atoms with Gasteiger partial charge in [-0.3, -0.25) is 9.59 Å². The number of amides is 1. The summed E-state index contributed by atoms with van der Waals surface area (Å²) in [6.07, 6.45) is 1.43. The minimum Gasteiger partial charge on any atom is -0.340 e. The Bertz CT molecular complexity index is 1000. The highest BCUT2D eigenvalue weighted by molar-refractivity contribution is 6.04. The number of halogens is 2. The van der Waals surface area contributed by atoms with E-state index in [0.717, 1.165) is 12.1 Å². The predicted octanol–water partition coefficient (Wildman–Crippen LogP) is 4.56. The van der Waals surface area contributed by atoms with Crippen molar-refractivity contribution in [2.24, 2.45) is 0 Å². The fourth-order valence-corrected chi connectivity index (χ4v) is 2.35. The van der Waals surface area contributed by atoms with Crippen LogP contribution in [0.25, 0.3) is 0 Å². The van der Waals surface area contributed by atoms with Gasteiger partial charge in [-0.1, -0.05) is 12.1 Å². The molecule has 3 aromatic rings. The number of aromatic nitrogens is 1. The second kappa shape index (κ2) is 7.74. The molecule has 1 amide bonds. The van der Waals surface area contributed by atoms with Gasteiger partial charge in [0.15, 0.2) is 17.4 Å². The molecule has 0 fully saturated rings. The molecular formula is C20H15F2N3O2. The van der Waals surface area contributed by atoms with Crippen LogP contribution in [-0.2, 0) is 0 Å². The third kappa shape index (κ3) is 4.52. The predicted molar refractivity (Wildman–Crippen MR) is 98.3 cm³/mol. The first-order valence-corrected chi connectivity index (χ1v) is 8.03. The number of Topliss-reactive ketones (excluding diaryl/α,β-unsaturated/α-hetero) is 1. The topological polar surface area (TPSA) is 71.1 Å². The minimum atomic E-state index is -1.09. The Morgan fingerprint density at radius 1 is 0.889 bits per heavy atom. The molecule has 1 heterocycles. The molecule has 7 heteroatoms. The average Bonchev–Trinajstić information content (AvgIpc) is 2.65. The molecule has 136 valence electrons. The highest BCUT2D eigenvalue weighted by Gasteiger charge is 2.10. The molecule has 1 aromatic heterocycles. The van der Waals surface area contributed by atoms with Gasteiger partial charge < -0.3 is 10.6 Å². The number of hydrogen-bond donors (Lipinski definition) is 2. The Balaban J connectivity index is 1.68. The summed E-state index contributed by atoms with van der Waals surface area (Å²) in [6.45, 7) is 1.49. The number of hydrogen-bond acceptors (Lipinski definition) is 4. The molecule has 0 saturated carbocycles. The number of nitrogens with zero attached hydrogens (tertiary/aromatic N) is 1. The smallest absolute Gasteiger partial charge is 0.255 e. The molecule has 0 aliphatic carbocycles. The molecule has 0 saturated heterocycles. The van der Waals surface area contributed by atoms with E-state index in [4.69, 9.17) is 0 Å². The van der Waals surface area contributed by atoms with Crippen LogP contribution in [0, 0.1) is 11.6 Å². The number of benzene rings is 2. The fraction of sp³-hybridized carbons (Fsp3) is 0.0500. The third-order valence-corrected chi connectivity index (χ3v) is 3.74. The highest BCUT2D eigenvalue weighted by Crippen LogP contribution is 2.18. The van der Waals surface area contributed by atoms with Gasteiger partial charge in [0.2, 0.25) is 0 Å². The van der Waals surface area contributed by atoms with Crippen LogP contribution in [0.1, 0.15) is 27.6 Å². The number of anilines is 3. The highest BCUT2D eigenvalue weighted by atomic mass is 19.2. The zero-order chi connectivity index (χ0) is 19.4. The van der Waals surface area contributed by atoms with E-state index in [-0.39, 0.29) is 11.3 Å². The molecule has 2 N–H and O–H groups in total. The zero-order valence-corrected chi connectivity index (χ0v) is 14.3. The monoisotopic (exact) mass is 367 g/mol. The van der Waals surface area contributed by atoms with Crippen molar-refractivity contribution in [3.05, 3.63) is 83.6 Å². The lowest BCUT2D eigenvalue weighted by Crippen LogP contribution is -2.12. The van der Waals surface area contributed by atoms with E-state index in [1.165, 1.54) is 19.2 Å². The molecule has 5 nitrogen and oxygen atoms in total. The van der Waals surface area contributed by atoms with E-state index in [1.807, 2.05) is 0 Å². The Hall–Kier alpha value is -3.61. The fourth-order valence-electron chi connectivity index (χ4n) is 2.35. The summed E-state index contributed by atoms with van der Waals surface area (Å²) >= 11 is 0. The lowest BCUT2D eigenvalue weighted by atomic mass is 10.1. The summed E-state index contributed by atoms with van der Waals surface area (Å²) in [5, 5.41) is 5.61. The van der Waals surface area contributed by atoms with E-state index in [1.54, 1.807) is 36.4 Å². The summed E-state index contributed by atoms with van der Waals surface area (Å²) in [5.74, 6) is -2.21. The molecule has 0 atom stereocenters. The lowest BCUT2D eigenvalue weighted by molar-refractivity contribution is 0.101. The Labute approximate surface area is 154 Å². The van der Waals surface area contributed by atoms with Crippen molar-refractivity contribution in [1.29, 1.82) is 0 Å². The number of carbonyl (C=O) groups excluding carboxylic acids is 2. The van der Waals surface area contributed by atoms with E-state index in [2.05, 4.69) is 15.6 Å². The zero-order valence-electron chi connectivity index (χ0n) is 14.3. The largest absolute Gasteiger partial charge is 0.340 e. The van der Waals surface area contributed by atoms with Crippen molar-refractivity contribution in [2.75, 3.05) is 10.6 Å². The van der Waals surface area contributed by atoms with Crippen LogP contribution in [0.5, 0.6) is 0 Å². The van der Waals surface area contributed by atoms with Crippen molar-refractivity contribution in [2.45, 2.75) is 6.92 Å². The molecular weight excluding hydrogens is 352 g/mol. The van der Waals surface area contributed by atoms with Gasteiger partial charge in [-0.2, -0.15) is 0 Å². The van der Waals surface area contributed by atoms with E-state index < -0.39 is 17.5 Å². The number of pyridine rings is 1. The maximum absolute atomic E-state index is 13.2. The van der Waals surface area contributed by atoms with Crippen LogP contribution < -0.4 is 10.6 Å². The van der Waals surface area contributed by atoms with Crippen LogP contribution in [0.2, 0.25) is 0 Å². The molecule has 0 aliphatic heterocycles. The third-order valence-electron chi connectivity index (χ3n) is 3.74. The minimum absolute atomic E-state index is 0.00264. The van der Waals surface area contributed by atoms with Crippen molar-refractivity contribution in [1.82, 2.24) is 4.98 Å². The summed E-state index contributed by atoms with van der Waals surface area (Å²) < 4.78 is 26.2. The SMILES string of the molecule is CC(=O)c1cccc(Nc2ccc(NC(=O)c3ccc(F)c(F)c3)cn2)c1. The van der Waals surface area contributed by atoms with E-state index in [0.29, 0.717) is 22.8 Å². The standard InChI is InChI=1S/C20H15F2N3O2/c1-12(26)13-3-2-4-15(9-13)24-19-8-6-16(11-23-19)25-20(27)14-5-7-17(21)18(22)10-14/h2-11H,1H3,(H,23,24)(H,25,27). The van der Waals surface area contributed by atoms with Gasteiger partial charge in [-0.05, 0) is 49.4 Å². The van der Waals surface area contributed by atoms with Gasteiger partial charge in [-0.15, -0.1) is 0 Å². The van der Waals surface area contributed by atoms with E-state index >= 15 is 0 Å². The summed E-state index contributed by atoms with van der Waals surface area (Å²) in [7, 11) is 0. The van der Waals surface area contributed by atoms with Crippen molar-refractivity contribution in [3.8, 4) is 0 Å². The van der Waals surface area contributed by atoms with Gasteiger partial charge in [0.1, 0.15) is 5.82 Å².